The number of benzene rings is 2. The number of fused-ring (bicyclic) bond motifs is 1. The maximum atomic E-state index is 12.5. The highest BCUT2D eigenvalue weighted by atomic mass is 16.3. The summed E-state index contributed by atoms with van der Waals surface area (Å²) in [6, 6.07) is 9.96. The second-order valence-corrected chi connectivity index (χ2v) is 5.17. The smallest absolute Gasteiger partial charge is 0.258 e. The van der Waals surface area contributed by atoms with Crippen molar-refractivity contribution >= 4 is 11.6 Å². The molecular formula is C16H16N2O3. The van der Waals surface area contributed by atoms with Gasteiger partial charge in [0, 0.05) is 13.1 Å². The predicted molar refractivity (Wildman–Crippen MR) is 79.1 cm³/mol. The summed E-state index contributed by atoms with van der Waals surface area (Å²) < 4.78 is 0. The lowest BCUT2D eigenvalue weighted by atomic mass is 9.98. The molecule has 4 N–H and O–H groups in total. The normalized spacial score (nSPS) is 13.8. The van der Waals surface area contributed by atoms with Gasteiger partial charge in [0.1, 0.15) is 5.75 Å². The molecule has 1 amide bonds. The second-order valence-electron chi connectivity index (χ2n) is 5.17. The van der Waals surface area contributed by atoms with E-state index in [1.54, 1.807) is 35.2 Å². The first-order valence-electron chi connectivity index (χ1n) is 6.74. The van der Waals surface area contributed by atoms with Gasteiger partial charge in [-0.1, -0.05) is 12.1 Å². The fraction of sp³-hybridized carbons (Fsp3) is 0.188. The van der Waals surface area contributed by atoms with Crippen LogP contribution in [0.3, 0.4) is 0 Å². The lowest BCUT2D eigenvalue weighted by molar-refractivity contribution is 0.0731. The molecule has 5 nitrogen and oxygen atoms in total. The van der Waals surface area contributed by atoms with Gasteiger partial charge in [-0.2, -0.15) is 0 Å². The lowest BCUT2D eigenvalue weighted by Crippen LogP contribution is -2.36. The highest BCUT2D eigenvalue weighted by molar-refractivity contribution is 5.98. The number of carbonyl (C=O) groups excluding carboxylic acids is 1. The summed E-state index contributed by atoms with van der Waals surface area (Å²) in [7, 11) is 0. The molecule has 0 unspecified atom stereocenters. The van der Waals surface area contributed by atoms with E-state index in [1.165, 1.54) is 0 Å². The number of phenolic OH excluding ortho intramolecular Hbond substituents is 2. The summed E-state index contributed by atoms with van der Waals surface area (Å²) in [6.07, 6.45) is 0.727. The molecule has 108 valence electrons. The SMILES string of the molecule is Nc1cccc(C(=O)N2CCc3ccc(O)cc3C2)c1O. The number of nitrogens with two attached hydrogens (primary N) is 1. The molecule has 0 fully saturated rings. The van der Waals surface area contributed by atoms with Gasteiger partial charge in [-0.15, -0.1) is 0 Å². The van der Waals surface area contributed by atoms with Crippen molar-refractivity contribution in [1.82, 2.24) is 4.90 Å². The van der Waals surface area contributed by atoms with Crippen LogP contribution in [-0.2, 0) is 13.0 Å². The summed E-state index contributed by atoms with van der Waals surface area (Å²) in [4.78, 5) is 14.2. The van der Waals surface area contributed by atoms with E-state index in [0.717, 1.165) is 17.5 Å². The molecule has 0 atom stereocenters. The van der Waals surface area contributed by atoms with Gasteiger partial charge < -0.3 is 20.8 Å². The van der Waals surface area contributed by atoms with Crippen LogP contribution in [0.5, 0.6) is 11.5 Å². The summed E-state index contributed by atoms with van der Waals surface area (Å²) in [5.41, 5.74) is 8.09. The quantitative estimate of drug-likeness (QED) is 0.551. The van der Waals surface area contributed by atoms with Gasteiger partial charge in [0.25, 0.3) is 5.91 Å². The van der Waals surface area contributed by atoms with Crippen LogP contribution in [0.2, 0.25) is 0 Å². The van der Waals surface area contributed by atoms with Gasteiger partial charge in [-0.25, -0.2) is 0 Å². The summed E-state index contributed by atoms with van der Waals surface area (Å²) in [5, 5.41) is 19.5. The van der Waals surface area contributed by atoms with Gasteiger partial charge in [0.15, 0.2) is 5.75 Å². The Bertz CT molecular complexity index is 713. The zero-order chi connectivity index (χ0) is 15.0. The number of nitrogens with zero attached hydrogens (tertiary/aromatic N) is 1. The Balaban J connectivity index is 1.89. The van der Waals surface area contributed by atoms with E-state index in [0.29, 0.717) is 13.1 Å². The number of hydrogen-bond donors (Lipinski definition) is 3. The van der Waals surface area contributed by atoms with Crippen LogP contribution in [0.1, 0.15) is 21.5 Å². The molecule has 2 aromatic carbocycles. The van der Waals surface area contributed by atoms with Crippen molar-refractivity contribution in [3.8, 4) is 11.5 Å². The number of aromatic hydroxyl groups is 2. The number of para-hydroxylation sites is 1. The molecule has 0 saturated heterocycles. The molecule has 0 aromatic heterocycles. The van der Waals surface area contributed by atoms with Gasteiger partial charge in [0.2, 0.25) is 0 Å². The molecule has 2 aromatic rings. The van der Waals surface area contributed by atoms with Crippen LogP contribution in [0.4, 0.5) is 5.69 Å². The Kier molecular flexibility index (Phi) is 3.17. The van der Waals surface area contributed by atoms with Gasteiger partial charge >= 0.3 is 0 Å². The number of rotatable bonds is 1. The molecule has 0 bridgehead atoms. The Morgan fingerprint density at radius 1 is 1.14 bits per heavy atom. The van der Waals surface area contributed by atoms with Crippen molar-refractivity contribution in [2.75, 3.05) is 12.3 Å². The fourth-order valence-electron chi connectivity index (χ4n) is 2.62. The van der Waals surface area contributed by atoms with Crippen LogP contribution >= 0.6 is 0 Å². The van der Waals surface area contributed by atoms with Crippen LogP contribution in [0.15, 0.2) is 36.4 Å². The zero-order valence-corrected chi connectivity index (χ0v) is 11.4. The lowest BCUT2D eigenvalue weighted by Gasteiger charge is -2.29. The minimum atomic E-state index is -0.256. The van der Waals surface area contributed by atoms with Gasteiger partial charge in [-0.3, -0.25) is 4.79 Å². The van der Waals surface area contributed by atoms with E-state index < -0.39 is 0 Å². The van der Waals surface area contributed by atoms with E-state index in [4.69, 9.17) is 5.73 Å². The van der Waals surface area contributed by atoms with Crippen LogP contribution in [-0.4, -0.2) is 27.6 Å². The van der Waals surface area contributed by atoms with Crippen molar-refractivity contribution in [3.63, 3.8) is 0 Å². The third-order valence-electron chi connectivity index (χ3n) is 3.79. The summed E-state index contributed by atoms with van der Waals surface area (Å²) >= 11 is 0. The largest absolute Gasteiger partial charge is 0.508 e. The van der Waals surface area contributed by atoms with E-state index in [1.807, 2.05) is 6.07 Å². The highest BCUT2D eigenvalue weighted by Crippen LogP contribution is 2.28. The molecule has 0 aliphatic carbocycles. The van der Waals surface area contributed by atoms with E-state index in [2.05, 4.69) is 0 Å². The van der Waals surface area contributed by atoms with E-state index >= 15 is 0 Å². The van der Waals surface area contributed by atoms with Crippen molar-refractivity contribution in [1.29, 1.82) is 0 Å². The minimum absolute atomic E-state index is 0.177. The van der Waals surface area contributed by atoms with Gasteiger partial charge in [-0.05, 0) is 41.8 Å². The Labute approximate surface area is 122 Å². The fourth-order valence-corrected chi connectivity index (χ4v) is 2.62. The average molecular weight is 284 g/mol. The van der Waals surface area contributed by atoms with E-state index in [-0.39, 0.29) is 28.7 Å². The number of anilines is 1. The zero-order valence-electron chi connectivity index (χ0n) is 11.4. The molecule has 0 saturated carbocycles. The molecule has 0 radical (unpaired) electrons. The van der Waals surface area contributed by atoms with Crippen LogP contribution in [0, 0.1) is 0 Å². The molecule has 0 spiro atoms. The Morgan fingerprint density at radius 3 is 2.76 bits per heavy atom. The molecular weight excluding hydrogens is 268 g/mol. The maximum Gasteiger partial charge on any atom is 0.258 e. The van der Waals surface area contributed by atoms with Gasteiger partial charge in [0.05, 0.1) is 11.3 Å². The van der Waals surface area contributed by atoms with Crippen molar-refractivity contribution < 1.29 is 15.0 Å². The first kappa shape index (κ1) is 13.3. The number of hydrogen-bond acceptors (Lipinski definition) is 4. The average Bonchev–Trinajstić information content (AvgIpc) is 2.48. The third kappa shape index (κ3) is 2.38. The number of carbonyl (C=O) groups is 1. The molecule has 5 heteroatoms. The topological polar surface area (TPSA) is 86.8 Å². The Morgan fingerprint density at radius 2 is 1.95 bits per heavy atom. The molecule has 1 heterocycles. The molecule has 3 rings (SSSR count). The van der Waals surface area contributed by atoms with Crippen LogP contribution < -0.4 is 5.73 Å². The number of phenols is 2. The molecule has 1 aliphatic heterocycles. The number of amides is 1. The van der Waals surface area contributed by atoms with E-state index in [9.17, 15) is 15.0 Å². The minimum Gasteiger partial charge on any atom is -0.508 e. The van der Waals surface area contributed by atoms with Crippen molar-refractivity contribution in [2.24, 2.45) is 0 Å². The highest BCUT2D eigenvalue weighted by Gasteiger charge is 2.24. The molecule has 1 aliphatic rings. The maximum absolute atomic E-state index is 12.5. The first-order valence-corrected chi connectivity index (χ1v) is 6.74. The standard InChI is InChI=1S/C16H16N2O3/c17-14-3-1-2-13(15(14)20)16(21)18-7-6-10-4-5-12(19)8-11(10)9-18/h1-5,8,19-20H,6-7,9,17H2. The monoisotopic (exact) mass is 284 g/mol. The molecule has 21 heavy (non-hydrogen) atoms. The Hall–Kier alpha value is -2.69. The third-order valence-corrected chi connectivity index (χ3v) is 3.79. The number of nitrogen functional groups attached to an aromatic ring is 1. The predicted octanol–water partition coefficient (Wildman–Crippen LogP) is 1.88. The van der Waals surface area contributed by atoms with Crippen LogP contribution in [0.25, 0.3) is 0 Å². The van der Waals surface area contributed by atoms with Crippen molar-refractivity contribution in [2.45, 2.75) is 13.0 Å². The van der Waals surface area contributed by atoms with Crippen molar-refractivity contribution in [3.05, 3.63) is 53.1 Å². The second kappa shape index (κ2) is 5.01. The summed E-state index contributed by atoms with van der Waals surface area (Å²) in [5.74, 6) is -0.243. The first-order chi connectivity index (χ1) is 10.1. The summed E-state index contributed by atoms with van der Waals surface area (Å²) in [6.45, 7) is 0.988.